The molecule has 1 aromatic carbocycles. The molecule has 0 aliphatic carbocycles. The van der Waals surface area contributed by atoms with Gasteiger partial charge in [0.2, 0.25) is 15.9 Å². The summed E-state index contributed by atoms with van der Waals surface area (Å²) in [4.78, 5) is 12.4. The van der Waals surface area contributed by atoms with Crippen molar-refractivity contribution in [3.63, 3.8) is 0 Å². The summed E-state index contributed by atoms with van der Waals surface area (Å²) >= 11 is 0. The molecule has 23 heavy (non-hydrogen) atoms. The van der Waals surface area contributed by atoms with Crippen LogP contribution in [0.4, 0.5) is 5.69 Å². The molecular weight excluding hydrogens is 316 g/mol. The second-order valence-electron chi connectivity index (χ2n) is 5.95. The highest BCUT2D eigenvalue weighted by Gasteiger charge is 2.29. The van der Waals surface area contributed by atoms with Crippen LogP contribution in [0.5, 0.6) is 0 Å². The Morgan fingerprint density at radius 3 is 2.57 bits per heavy atom. The smallest absolute Gasteiger partial charge is 0.243 e. The van der Waals surface area contributed by atoms with Gasteiger partial charge < -0.3 is 10.1 Å². The third-order valence-corrected chi connectivity index (χ3v) is 5.15. The summed E-state index contributed by atoms with van der Waals surface area (Å²) in [5.74, 6) is -0.327. The summed E-state index contributed by atoms with van der Waals surface area (Å²) in [7, 11) is -3.57. The lowest BCUT2D eigenvalue weighted by atomic mass is 10.2. The number of carbonyl (C=O) groups is 1. The molecule has 2 rings (SSSR count). The van der Waals surface area contributed by atoms with Gasteiger partial charge in [-0.1, -0.05) is 17.7 Å². The molecule has 1 aliphatic heterocycles. The van der Waals surface area contributed by atoms with Gasteiger partial charge in [-0.3, -0.25) is 9.10 Å². The molecule has 0 unspecified atom stereocenters. The molecule has 1 N–H and O–H groups in total. The molecule has 128 valence electrons. The van der Waals surface area contributed by atoms with Crippen LogP contribution in [0.2, 0.25) is 0 Å². The molecule has 1 saturated heterocycles. The fraction of sp³-hybridized carbons (Fsp3) is 0.562. The van der Waals surface area contributed by atoms with Crippen LogP contribution in [-0.4, -0.2) is 45.9 Å². The van der Waals surface area contributed by atoms with Crippen LogP contribution < -0.4 is 9.62 Å². The Labute approximate surface area is 137 Å². The second-order valence-corrected chi connectivity index (χ2v) is 7.81. The molecule has 2 atom stereocenters. The van der Waals surface area contributed by atoms with Crippen molar-refractivity contribution < 1.29 is 17.9 Å². The van der Waals surface area contributed by atoms with E-state index in [1.54, 1.807) is 19.1 Å². The van der Waals surface area contributed by atoms with Crippen molar-refractivity contribution in [2.75, 3.05) is 23.7 Å². The van der Waals surface area contributed by atoms with Crippen molar-refractivity contribution in [3.8, 4) is 0 Å². The third-order valence-electron chi connectivity index (χ3n) is 3.90. The number of benzene rings is 1. The number of carbonyl (C=O) groups excluding carboxylic acids is 1. The molecule has 0 radical (unpaired) electrons. The number of anilines is 1. The lowest BCUT2D eigenvalue weighted by Crippen LogP contribution is -2.49. The van der Waals surface area contributed by atoms with Crippen molar-refractivity contribution in [1.29, 1.82) is 0 Å². The zero-order chi connectivity index (χ0) is 17.0. The summed E-state index contributed by atoms with van der Waals surface area (Å²) in [6.45, 7) is 4.64. The number of hydrogen-bond acceptors (Lipinski definition) is 4. The predicted molar refractivity (Wildman–Crippen MR) is 89.9 cm³/mol. The van der Waals surface area contributed by atoms with Gasteiger partial charge in [0.1, 0.15) is 6.04 Å². The minimum atomic E-state index is -3.57. The van der Waals surface area contributed by atoms with Crippen molar-refractivity contribution in [3.05, 3.63) is 29.8 Å². The average molecular weight is 340 g/mol. The van der Waals surface area contributed by atoms with E-state index in [9.17, 15) is 13.2 Å². The molecule has 1 aliphatic rings. The number of ether oxygens (including phenoxy) is 1. The predicted octanol–water partition coefficient (Wildman–Crippen LogP) is 1.44. The summed E-state index contributed by atoms with van der Waals surface area (Å²) in [6.07, 6.45) is 3.05. The Morgan fingerprint density at radius 1 is 1.39 bits per heavy atom. The molecule has 1 amide bonds. The van der Waals surface area contributed by atoms with Crippen LogP contribution in [0, 0.1) is 6.92 Å². The summed E-state index contributed by atoms with van der Waals surface area (Å²) in [6, 6.07) is 6.24. The lowest BCUT2D eigenvalue weighted by molar-refractivity contribution is -0.122. The molecule has 0 bridgehead atoms. The van der Waals surface area contributed by atoms with Crippen molar-refractivity contribution in [2.45, 2.75) is 38.8 Å². The first-order valence-electron chi connectivity index (χ1n) is 7.74. The van der Waals surface area contributed by atoms with Crippen LogP contribution in [-0.2, 0) is 19.6 Å². The van der Waals surface area contributed by atoms with Crippen LogP contribution in [0.1, 0.15) is 25.3 Å². The molecule has 0 saturated carbocycles. The maximum Gasteiger partial charge on any atom is 0.243 e. The molecule has 1 heterocycles. The van der Waals surface area contributed by atoms with E-state index >= 15 is 0 Å². The highest BCUT2D eigenvalue weighted by Crippen LogP contribution is 2.21. The first-order valence-corrected chi connectivity index (χ1v) is 9.59. The van der Waals surface area contributed by atoms with Gasteiger partial charge in [-0.25, -0.2) is 8.42 Å². The van der Waals surface area contributed by atoms with E-state index in [1.807, 2.05) is 19.1 Å². The van der Waals surface area contributed by atoms with Gasteiger partial charge >= 0.3 is 0 Å². The molecule has 0 spiro atoms. The normalized spacial score (nSPS) is 19.3. The van der Waals surface area contributed by atoms with Crippen LogP contribution in [0.3, 0.4) is 0 Å². The van der Waals surface area contributed by atoms with E-state index in [-0.39, 0.29) is 12.0 Å². The molecular formula is C16H24N2O4S. The highest BCUT2D eigenvalue weighted by atomic mass is 32.2. The Hall–Kier alpha value is -1.60. The van der Waals surface area contributed by atoms with Crippen molar-refractivity contribution in [1.82, 2.24) is 5.32 Å². The van der Waals surface area contributed by atoms with E-state index in [1.165, 1.54) is 0 Å². The maximum absolute atomic E-state index is 12.4. The number of aryl methyl sites for hydroxylation is 1. The maximum atomic E-state index is 12.4. The number of rotatable bonds is 6. The van der Waals surface area contributed by atoms with E-state index in [0.717, 1.165) is 35.6 Å². The Balaban J connectivity index is 2.11. The van der Waals surface area contributed by atoms with Crippen LogP contribution >= 0.6 is 0 Å². The minimum Gasteiger partial charge on any atom is -0.376 e. The molecule has 6 nitrogen and oxygen atoms in total. The Bertz CT molecular complexity index is 637. The molecule has 1 fully saturated rings. The summed E-state index contributed by atoms with van der Waals surface area (Å²) in [5.41, 5.74) is 1.51. The van der Waals surface area contributed by atoms with Gasteiger partial charge in [0.15, 0.2) is 0 Å². The molecule has 1 aromatic rings. The largest absolute Gasteiger partial charge is 0.376 e. The van der Waals surface area contributed by atoms with Crippen LogP contribution in [0.15, 0.2) is 24.3 Å². The molecule has 7 heteroatoms. The zero-order valence-corrected chi connectivity index (χ0v) is 14.6. The van der Waals surface area contributed by atoms with E-state index in [0.29, 0.717) is 12.2 Å². The van der Waals surface area contributed by atoms with Gasteiger partial charge in [0.05, 0.1) is 18.0 Å². The monoisotopic (exact) mass is 340 g/mol. The van der Waals surface area contributed by atoms with Crippen molar-refractivity contribution in [2.24, 2.45) is 0 Å². The van der Waals surface area contributed by atoms with E-state index in [4.69, 9.17) is 4.74 Å². The lowest BCUT2D eigenvalue weighted by Gasteiger charge is -2.28. The number of sulfonamides is 1. The number of amides is 1. The van der Waals surface area contributed by atoms with E-state index < -0.39 is 16.1 Å². The van der Waals surface area contributed by atoms with Crippen molar-refractivity contribution >= 4 is 21.6 Å². The number of hydrogen-bond donors (Lipinski definition) is 1. The Morgan fingerprint density at radius 2 is 2.04 bits per heavy atom. The van der Waals surface area contributed by atoms with Gasteiger partial charge in [0, 0.05) is 13.2 Å². The van der Waals surface area contributed by atoms with E-state index in [2.05, 4.69) is 5.32 Å². The topological polar surface area (TPSA) is 75.7 Å². The summed E-state index contributed by atoms with van der Waals surface area (Å²) in [5, 5.41) is 2.79. The summed E-state index contributed by atoms with van der Waals surface area (Å²) < 4.78 is 30.9. The molecule has 0 aromatic heterocycles. The van der Waals surface area contributed by atoms with Gasteiger partial charge in [-0.2, -0.15) is 0 Å². The zero-order valence-electron chi connectivity index (χ0n) is 13.8. The first-order chi connectivity index (χ1) is 10.8. The quantitative estimate of drug-likeness (QED) is 0.850. The first kappa shape index (κ1) is 17.7. The second kappa shape index (κ2) is 7.31. The standard InChI is InChI=1S/C16H24N2O4S/c1-12-6-8-14(9-7-12)18(23(3,20)21)13(2)16(19)17-11-15-5-4-10-22-15/h6-9,13,15H,4-5,10-11H2,1-3H3,(H,17,19)/t13-,15+/m1/s1. The van der Waals surface area contributed by atoms with Crippen LogP contribution in [0.25, 0.3) is 0 Å². The van der Waals surface area contributed by atoms with Gasteiger partial charge in [0.25, 0.3) is 0 Å². The fourth-order valence-corrected chi connectivity index (χ4v) is 3.84. The average Bonchev–Trinajstić information content (AvgIpc) is 2.99. The fourth-order valence-electron chi connectivity index (χ4n) is 2.67. The number of nitrogens with zero attached hydrogens (tertiary/aromatic N) is 1. The minimum absolute atomic E-state index is 0.0252. The number of nitrogens with one attached hydrogen (secondary N) is 1. The highest BCUT2D eigenvalue weighted by molar-refractivity contribution is 7.92. The van der Waals surface area contributed by atoms with Gasteiger partial charge in [-0.05, 0) is 38.8 Å². The third kappa shape index (κ3) is 4.68. The SMILES string of the molecule is Cc1ccc(N([C@H](C)C(=O)NC[C@@H]2CCCO2)S(C)(=O)=O)cc1. The van der Waals surface area contributed by atoms with Gasteiger partial charge in [-0.15, -0.1) is 0 Å². The Kier molecular flexibility index (Phi) is 5.64.